The number of rotatable bonds is 6. The normalized spacial score (nSPS) is 16.6. The van der Waals surface area contributed by atoms with Crippen molar-refractivity contribution in [1.82, 2.24) is 0 Å². The fraction of sp³-hybridized carbons (Fsp3) is 0.152. The second-order valence-electron chi connectivity index (χ2n) is 9.35. The van der Waals surface area contributed by atoms with E-state index in [-0.39, 0.29) is 5.41 Å². The summed E-state index contributed by atoms with van der Waals surface area (Å²) in [6, 6.07) is 45.0. The molecule has 0 amide bonds. The molecule has 4 aromatic carbocycles. The maximum atomic E-state index is 2.62. The van der Waals surface area contributed by atoms with E-state index in [0.717, 1.165) is 0 Å². The molecule has 4 aromatic rings. The molecule has 0 unspecified atom stereocenters. The molecule has 0 radical (unpaired) electrons. The van der Waals surface area contributed by atoms with E-state index in [1.54, 1.807) is 10.6 Å². The highest BCUT2D eigenvalue weighted by Gasteiger charge is 2.48. The van der Waals surface area contributed by atoms with Gasteiger partial charge in [0, 0.05) is 5.41 Å². The Bertz CT molecular complexity index is 1140. The van der Waals surface area contributed by atoms with Gasteiger partial charge in [0.25, 0.3) is 0 Å². The van der Waals surface area contributed by atoms with Crippen molar-refractivity contribution in [3.8, 4) is 0 Å². The summed E-state index contributed by atoms with van der Waals surface area (Å²) in [6.45, 7) is 0. The molecule has 0 nitrogen and oxygen atoms in total. The number of benzene rings is 4. The molecule has 0 atom stereocenters. The molecule has 0 heterocycles. The van der Waals surface area contributed by atoms with Gasteiger partial charge in [-0.25, -0.2) is 0 Å². The zero-order valence-electron chi connectivity index (χ0n) is 19.9. The second-order valence-corrected chi connectivity index (χ2v) is 13.7. The second kappa shape index (κ2) is 10.1. The predicted molar refractivity (Wildman–Crippen MR) is 155 cm³/mol. The van der Waals surface area contributed by atoms with Crippen molar-refractivity contribution < 1.29 is 0 Å². The van der Waals surface area contributed by atoms with Crippen molar-refractivity contribution in [2.75, 3.05) is 0 Å². The molecule has 2 aliphatic carbocycles. The first kappa shape index (κ1) is 22.7. The van der Waals surface area contributed by atoms with Crippen LogP contribution in [0.15, 0.2) is 144 Å². The van der Waals surface area contributed by atoms with Crippen LogP contribution in [-0.4, -0.2) is 0 Å². The topological polar surface area (TPSA) is 0 Å². The van der Waals surface area contributed by atoms with Gasteiger partial charge in [0.15, 0.2) is 0 Å². The third-order valence-corrected chi connectivity index (χ3v) is 12.8. The van der Waals surface area contributed by atoms with Gasteiger partial charge in [-0.2, -0.15) is 0 Å². The molecule has 0 aliphatic heterocycles. The summed E-state index contributed by atoms with van der Waals surface area (Å²) >= 11 is 0. The largest absolute Gasteiger partial charge is 0.0793 e. The smallest absolute Gasteiger partial charge is 0.0223 e. The summed E-state index contributed by atoms with van der Waals surface area (Å²) in [5.74, 6) is 0. The fourth-order valence-electron chi connectivity index (χ4n) is 5.84. The third kappa shape index (κ3) is 4.25. The molecule has 0 saturated carbocycles. The van der Waals surface area contributed by atoms with E-state index in [0.29, 0.717) is 0 Å². The molecule has 2 heteroatoms. The van der Waals surface area contributed by atoms with E-state index in [2.05, 4.69) is 133 Å². The molecule has 0 saturated heterocycles. The molecule has 1 spiro atoms. The van der Waals surface area contributed by atoms with Crippen molar-refractivity contribution in [3.05, 3.63) is 144 Å². The van der Waals surface area contributed by atoms with Crippen molar-refractivity contribution in [1.29, 1.82) is 0 Å². The van der Waals surface area contributed by atoms with Crippen LogP contribution in [0.1, 0.15) is 25.7 Å². The Kier molecular flexibility index (Phi) is 6.52. The van der Waals surface area contributed by atoms with Crippen LogP contribution in [0, 0.1) is 5.41 Å². The maximum absolute atomic E-state index is 2.62. The SMILES string of the molecule is C1=C(P(c2ccccc2)c2ccccc2)C2(CC1)CCC=C2P(c1ccccc1)c1ccccc1. The van der Waals surface area contributed by atoms with Crippen LogP contribution in [0.2, 0.25) is 0 Å². The average Bonchev–Trinajstić information content (AvgIpc) is 3.54. The van der Waals surface area contributed by atoms with Crippen LogP contribution in [-0.2, 0) is 0 Å². The van der Waals surface area contributed by atoms with Crippen LogP contribution in [0.3, 0.4) is 0 Å². The number of hydrogen-bond donors (Lipinski definition) is 0. The first-order valence-electron chi connectivity index (χ1n) is 12.6. The summed E-state index contributed by atoms with van der Waals surface area (Å²) < 4.78 is 0. The summed E-state index contributed by atoms with van der Waals surface area (Å²) in [5.41, 5.74) is 0.161. The van der Waals surface area contributed by atoms with Gasteiger partial charge in [0.2, 0.25) is 0 Å². The van der Waals surface area contributed by atoms with E-state index >= 15 is 0 Å². The first-order valence-corrected chi connectivity index (χ1v) is 15.3. The third-order valence-electron chi connectivity index (χ3n) is 7.34. The molecule has 0 N–H and O–H groups in total. The van der Waals surface area contributed by atoms with Gasteiger partial charge >= 0.3 is 0 Å². The van der Waals surface area contributed by atoms with Crippen molar-refractivity contribution >= 4 is 37.1 Å². The van der Waals surface area contributed by atoms with Gasteiger partial charge in [0.05, 0.1) is 0 Å². The zero-order chi connectivity index (χ0) is 23.5. The number of hydrogen-bond acceptors (Lipinski definition) is 0. The highest BCUT2D eigenvalue weighted by Crippen LogP contribution is 2.69. The molecule has 172 valence electrons. The van der Waals surface area contributed by atoms with E-state index in [9.17, 15) is 0 Å². The van der Waals surface area contributed by atoms with Crippen molar-refractivity contribution in [3.63, 3.8) is 0 Å². The van der Waals surface area contributed by atoms with Crippen molar-refractivity contribution in [2.45, 2.75) is 25.7 Å². The zero-order valence-corrected chi connectivity index (χ0v) is 21.7. The molecule has 0 aromatic heterocycles. The van der Waals surface area contributed by atoms with Crippen LogP contribution < -0.4 is 21.2 Å². The summed E-state index contributed by atoms with van der Waals surface area (Å²) in [5, 5.41) is 9.25. The van der Waals surface area contributed by atoms with Crippen LogP contribution in [0.5, 0.6) is 0 Å². The van der Waals surface area contributed by atoms with Gasteiger partial charge < -0.3 is 0 Å². The quantitative estimate of drug-likeness (QED) is 0.245. The summed E-state index contributed by atoms with van der Waals surface area (Å²) in [4.78, 5) is 0. The highest BCUT2D eigenvalue weighted by molar-refractivity contribution is 7.78. The lowest BCUT2D eigenvalue weighted by molar-refractivity contribution is 0.456. The monoisotopic (exact) mass is 488 g/mol. The van der Waals surface area contributed by atoms with Gasteiger partial charge in [-0.3, -0.25) is 0 Å². The first-order chi connectivity index (χ1) is 17.4. The van der Waals surface area contributed by atoms with Crippen molar-refractivity contribution in [2.24, 2.45) is 5.41 Å². The Morgan fingerprint density at radius 1 is 0.400 bits per heavy atom. The molecular formula is C33H30P2. The lowest BCUT2D eigenvalue weighted by Crippen LogP contribution is -2.27. The Hall–Kier alpha value is -2.78. The van der Waals surface area contributed by atoms with Gasteiger partial charge in [-0.1, -0.05) is 133 Å². The Labute approximate surface area is 211 Å². The molecule has 0 bridgehead atoms. The van der Waals surface area contributed by atoms with E-state index in [1.165, 1.54) is 46.9 Å². The molecule has 6 rings (SSSR count). The van der Waals surface area contributed by atoms with E-state index in [4.69, 9.17) is 0 Å². The Morgan fingerprint density at radius 2 is 0.686 bits per heavy atom. The van der Waals surface area contributed by atoms with Crippen LogP contribution in [0.4, 0.5) is 0 Å². The minimum absolute atomic E-state index is 0.161. The van der Waals surface area contributed by atoms with Gasteiger partial charge in [0.1, 0.15) is 0 Å². The highest BCUT2D eigenvalue weighted by atomic mass is 31.1. The van der Waals surface area contributed by atoms with E-state index in [1.807, 2.05) is 0 Å². The summed E-state index contributed by atoms with van der Waals surface area (Å²) in [7, 11) is -1.14. The molecule has 35 heavy (non-hydrogen) atoms. The minimum atomic E-state index is -0.570. The predicted octanol–water partition coefficient (Wildman–Crippen LogP) is 7.59. The van der Waals surface area contributed by atoms with Crippen LogP contribution >= 0.6 is 15.8 Å². The van der Waals surface area contributed by atoms with Gasteiger partial charge in [-0.05, 0) is 73.4 Å². The van der Waals surface area contributed by atoms with Crippen LogP contribution in [0.25, 0.3) is 0 Å². The van der Waals surface area contributed by atoms with E-state index < -0.39 is 15.8 Å². The molecule has 2 aliphatic rings. The fourth-order valence-corrected chi connectivity index (χ4v) is 11.7. The maximum Gasteiger partial charge on any atom is 0.0223 e. The Balaban J connectivity index is 1.50. The molecule has 0 fully saturated rings. The standard InChI is InChI=1S/C33H30P2/c1-5-15-27(16-6-1)34(28-17-7-2-8-18-28)31-23-13-25-33(31)26-14-24-32(33)35(29-19-9-3-10-20-29)30-21-11-4-12-22-30/h1-12,15-24H,13-14,25-26H2. The molecular weight excluding hydrogens is 458 g/mol. The number of allylic oxidation sites excluding steroid dienone is 4. The lowest BCUT2D eigenvalue weighted by atomic mass is 9.86. The lowest BCUT2D eigenvalue weighted by Gasteiger charge is -2.39. The average molecular weight is 489 g/mol. The Morgan fingerprint density at radius 3 is 0.971 bits per heavy atom. The van der Waals surface area contributed by atoms with Gasteiger partial charge in [-0.15, -0.1) is 0 Å². The minimum Gasteiger partial charge on any atom is -0.0793 e. The summed E-state index contributed by atoms with van der Waals surface area (Å²) in [6.07, 6.45) is 10.1.